The zero-order valence-corrected chi connectivity index (χ0v) is 9.59. The standard InChI is InChI=1S/C8H15BrN4O/c1-10-12-8(9)6-11-7-13-2-4-14-5-3-13/h6,11-12H,1-5,7H2/b8-6-. The molecule has 0 atom stereocenters. The van der Waals surface area contributed by atoms with Crippen molar-refractivity contribution in [3.05, 3.63) is 10.8 Å². The monoisotopic (exact) mass is 262 g/mol. The van der Waals surface area contributed by atoms with E-state index in [-0.39, 0.29) is 0 Å². The fraction of sp³-hybridized carbons (Fsp3) is 0.625. The lowest BCUT2D eigenvalue weighted by molar-refractivity contribution is 0.0359. The van der Waals surface area contributed by atoms with Crippen LogP contribution in [0.25, 0.3) is 0 Å². The number of morpholine rings is 1. The summed E-state index contributed by atoms with van der Waals surface area (Å²) in [5, 5.41) is 6.66. The molecule has 0 amide bonds. The molecule has 1 aliphatic heterocycles. The van der Waals surface area contributed by atoms with E-state index in [9.17, 15) is 0 Å². The smallest absolute Gasteiger partial charge is 0.114 e. The molecule has 0 saturated carbocycles. The Balaban J connectivity index is 2.12. The van der Waals surface area contributed by atoms with Crippen molar-refractivity contribution < 1.29 is 4.74 Å². The first-order valence-corrected chi connectivity index (χ1v) is 5.23. The van der Waals surface area contributed by atoms with E-state index >= 15 is 0 Å². The molecule has 0 aromatic heterocycles. The highest BCUT2D eigenvalue weighted by Gasteiger charge is 2.08. The highest BCUT2D eigenvalue weighted by Crippen LogP contribution is 1.98. The van der Waals surface area contributed by atoms with Gasteiger partial charge in [0.15, 0.2) is 0 Å². The lowest BCUT2D eigenvalue weighted by atomic mass is 10.4. The van der Waals surface area contributed by atoms with Gasteiger partial charge in [-0.25, -0.2) is 0 Å². The number of ether oxygens (including phenoxy) is 1. The third-order valence-electron chi connectivity index (χ3n) is 1.83. The maximum Gasteiger partial charge on any atom is 0.114 e. The molecule has 0 aromatic rings. The summed E-state index contributed by atoms with van der Waals surface area (Å²) in [5.74, 6) is 0. The van der Waals surface area contributed by atoms with Crippen LogP contribution in [0.2, 0.25) is 0 Å². The predicted molar refractivity (Wildman–Crippen MR) is 60.1 cm³/mol. The molecular weight excluding hydrogens is 248 g/mol. The number of halogens is 1. The van der Waals surface area contributed by atoms with Gasteiger partial charge in [0, 0.05) is 26.0 Å². The van der Waals surface area contributed by atoms with Crippen LogP contribution < -0.4 is 10.7 Å². The van der Waals surface area contributed by atoms with Gasteiger partial charge >= 0.3 is 0 Å². The number of hydrogen-bond acceptors (Lipinski definition) is 5. The van der Waals surface area contributed by atoms with Crippen LogP contribution in [0.15, 0.2) is 15.9 Å². The first kappa shape index (κ1) is 11.5. The van der Waals surface area contributed by atoms with Gasteiger partial charge in [-0.05, 0) is 15.9 Å². The van der Waals surface area contributed by atoms with Gasteiger partial charge in [0.05, 0.1) is 19.9 Å². The first-order chi connectivity index (χ1) is 6.83. The largest absolute Gasteiger partial charge is 0.379 e. The Morgan fingerprint density at radius 2 is 2.29 bits per heavy atom. The zero-order valence-electron chi connectivity index (χ0n) is 8.00. The maximum absolute atomic E-state index is 5.24. The van der Waals surface area contributed by atoms with E-state index in [1.54, 1.807) is 0 Å². The molecule has 0 spiro atoms. The molecule has 1 rings (SSSR count). The zero-order chi connectivity index (χ0) is 10.2. The molecule has 0 bridgehead atoms. The molecule has 80 valence electrons. The Kier molecular flexibility index (Phi) is 5.58. The van der Waals surface area contributed by atoms with E-state index in [0.717, 1.165) is 37.6 Å². The van der Waals surface area contributed by atoms with E-state index < -0.39 is 0 Å². The summed E-state index contributed by atoms with van der Waals surface area (Å²) in [5.41, 5.74) is 2.67. The molecule has 1 heterocycles. The lowest BCUT2D eigenvalue weighted by Crippen LogP contribution is -2.40. The number of hydrogen-bond donors (Lipinski definition) is 2. The van der Waals surface area contributed by atoms with Crippen LogP contribution in [0, 0.1) is 0 Å². The summed E-state index contributed by atoms with van der Waals surface area (Å²) in [6.45, 7) is 7.72. The van der Waals surface area contributed by atoms with Crippen molar-refractivity contribution in [2.24, 2.45) is 5.10 Å². The molecule has 2 N–H and O–H groups in total. The van der Waals surface area contributed by atoms with E-state index in [4.69, 9.17) is 4.74 Å². The average Bonchev–Trinajstić information content (AvgIpc) is 2.20. The Bertz CT molecular complexity index is 204. The highest BCUT2D eigenvalue weighted by molar-refractivity contribution is 9.11. The summed E-state index contributed by atoms with van der Waals surface area (Å²) >= 11 is 3.27. The molecule has 1 saturated heterocycles. The third kappa shape index (κ3) is 4.59. The summed E-state index contributed by atoms with van der Waals surface area (Å²) in [6.07, 6.45) is 1.81. The van der Waals surface area contributed by atoms with Gasteiger partial charge in [0.1, 0.15) is 4.61 Å². The van der Waals surface area contributed by atoms with Crippen LogP contribution in [-0.4, -0.2) is 44.6 Å². The molecule has 0 aromatic carbocycles. The van der Waals surface area contributed by atoms with Gasteiger partial charge in [0.25, 0.3) is 0 Å². The van der Waals surface area contributed by atoms with E-state index in [1.165, 1.54) is 0 Å². The van der Waals surface area contributed by atoms with E-state index in [2.05, 4.69) is 43.4 Å². The van der Waals surface area contributed by atoms with Crippen molar-refractivity contribution in [1.82, 2.24) is 15.6 Å². The fourth-order valence-corrected chi connectivity index (χ4v) is 1.42. The SMILES string of the molecule is C=NN/C(Br)=C\NCN1CCOCC1. The fourth-order valence-electron chi connectivity index (χ4n) is 1.13. The second kappa shape index (κ2) is 6.80. The first-order valence-electron chi connectivity index (χ1n) is 4.44. The summed E-state index contributed by atoms with van der Waals surface area (Å²) in [6, 6.07) is 0. The minimum Gasteiger partial charge on any atom is -0.379 e. The second-order valence-electron chi connectivity index (χ2n) is 2.85. The van der Waals surface area contributed by atoms with Crippen LogP contribution in [-0.2, 0) is 4.74 Å². The summed E-state index contributed by atoms with van der Waals surface area (Å²) in [4.78, 5) is 2.28. The molecule has 0 radical (unpaired) electrons. The van der Waals surface area contributed by atoms with Gasteiger partial charge in [-0.15, -0.1) is 0 Å². The van der Waals surface area contributed by atoms with Crippen LogP contribution in [0.3, 0.4) is 0 Å². The number of nitrogens with one attached hydrogen (secondary N) is 2. The predicted octanol–water partition coefficient (Wildman–Crippen LogP) is 0.265. The minimum atomic E-state index is 0.765. The van der Waals surface area contributed by atoms with Gasteiger partial charge in [-0.3, -0.25) is 10.3 Å². The second-order valence-corrected chi connectivity index (χ2v) is 3.71. The lowest BCUT2D eigenvalue weighted by Gasteiger charge is -2.26. The normalized spacial score (nSPS) is 19.1. The third-order valence-corrected chi connectivity index (χ3v) is 2.24. The molecule has 1 aliphatic rings. The van der Waals surface area contributed by atoms with Gasteiger partial charge in [0.2, 0.25) is 0 Å². The Morgan fingerprint density at radius 1 is 1.57 bits per heavy atom. The van der Waals surface area contributed by atoms with E-state index in [0.29, 0.717) is 0 Å². The van der Waals surface area contributed by atoms with Crippen LogP contribution in [0.5, 0.6) is 0 Å². The molecule has 6 heteroatoms. The van der Waals surface area contributed by atoms with E-state index in [1.807, 2.05) is 6.20 Å². The van der Waals surface area contributed by atoms with Crippen molar-refractivity contribution in [2.45, 2.75) is 0 Å². The van der Waals surface area contributed by atoms with Gasteiger partial charge in [-0.1, -0.05) is 0 Å². The Morgan fingerprint density at radius 3 is 2.93 bits per heavy atom. The molecule has 5 nitrogen and oxygen atoms in total. The van der Waals surface area contributed by atoms with Crippen molar-refractivity contribution in [1.29, 1.82) is 0 Å². The van der Waals surface area contributed by atoms with Crippen molar-refractivity contribution in [2.75, 3.05) is 33.0 Å². The molecule has 0 aliphatic carbocycles. The van der Waals surface area contributed by atoms with Crippen molar-refractivity contribution in [3.8, 4) is 0 Å². The number of hydrazone groups is 1. The summed E-state index contributed by atoms with van der Waals surface area (Å²) < 4.78 is 6.00. The molecular formula is C8H15BrN4O. The number of nitrogens with zero attached hydrogens (tertiary/aromatic N) is 2. The van der Waals surface area contributed by atoms with Crippen molar-refractivity contribution >= 4 is 22.6 Å². The van der Waals surface area contributed by atoms with Crippen LogP contribution in [0.1, 0.15) is 0 Å². The van der Waals surface area contributed by atoms with Crippen molar-refractivity contribution in [3.63, 3.8) is 0 Å². The quantitative estimate of drug-likeness (QED) is 0.424. The summed E-state index contributed by atoms with van der Waals surface area (Å²) in [7, 11) is 0. The van der Waals surface area contributed by atoms with Crippen LogP contribution >= 0.6 is 15.9 Å². The maximum atomic E-state index is 5.24. The minimum absolute atomic E-state index is 0.765. The average molecular weight is 263 g/mol. The molecule has 1 fully saturated rings. The topological polar surface area (TPSA) is 48.9 Å². The van der Waals surface area contributed by atoms with Gasteiger partial charge in [-0.2, -0.15) is 5.10 Å². The van der Waals surface area contributed by atoms with Crippen LogP contribution in [0.4, 0.5) is 0 Å². The number of rotatable bonds is 5. The Hall–Kier alpha value is -0.590. The molecule has 0 unspecified atom stereocenters. The highest BCUT2D eigenvalue weighted by atomic mass is 79.9. The Labute approximate surface area is 92.3 Å². The van der Waals surface area contributed by atoms with Gasteiger partial charge < -0.3 is 10.1 Å². The molecule has 14 heavy (non-hydrogen) atoms.